The fraction of sp³-hybridized carbons (Fsp3) is 0.929. The number of amides is 2. The quantitative estimate of drug-likeness (QED) is 0.748. The second kappa shape index (κ2) is 4.18. The minimum absolute atomic E-state index is 0.0715. The summed E-state index contributed by atoms with van der Waals surface area (Å²) in [5, 5.41) is 3.22. The Hall–Kier alpha value is -0.730. The van der Waals surface area contributed by atoms with Gasteiger partial charge in [-0.1, -0.05) is 20.8 Å². The first-order valence-corrected chi connectivity index (χ1v) is 6.91. The van der Waals surface area contributed by atoms with E-state index < -0.39 is 0 Å². The molecular formula is C14H26N2O. The first-order valence-electron chi connectivity index (χ1n) is 6.91. The lowest BCUT2D eigenvalue weighted by atomic mass is 9.78. The molecule has 1 saturated carbocycles. The number of carbonyl (C=O) groups is 1. The van der Waals surface area contributed by atoms with Crippen molar-refractivity contribution < 1.29 is 4.79 Å². The maximum Gasteiger partial charge on any atom is 0.318 e. The van der Waals surface area contributed by atoms with Gasteiger partial charge in [0.25, 0.3) is 0 Å². The monoisotopic (exact) mass is 238 g/mol. The minimum Gasteiger partial charge on any atom is -0.333 e. The van der Waals surface area contributed by atoms with Gasteiger partial charge in [-0.2, -0.15) is 0 Å². The van der Waals surface area contributed by atoms with Crippen molar-refractivity contribution in [3.63, 3.8) is 0 Å². The zero-order valence-electron chi connectivity index (χ0n) is 11.7. The first-order chi connectivity index (χ1) is 7.82. The summed E-state index contributed by atoms with van der Waals surface area (Å²) in [6.45, 7) is 9.78. The maximum atomic E-state index is 12.3. The van der Waals surface area contributed by atoms with Gasteiger partial charge in [0.1, 0.15) is 0 Å². The minimum atomic E-state index is 0.0715. The highest BCUT2D eigenvalue weighted by molar-refractivity contribution is 5.76. The fourth-order valence-corrected chi connectivity index (χ4v) is 3.07. The predicted molar refractivity (Wildman–Crippen MR) is 70.0 cm³/mol. The third kappa shape index (κ3) is 2.58. The second-order valence-electron chi connectivity index (χ2n) is 7.06. The van der Waals surface area contributed by atoms with E-state index in [1.54, 1.807) is 0 Å². The number of likely N-dealkylation sites (tertiary alicyclic amines) is 1. The van der Waals surface area contributed by atoms with Crippen LogP contribution < -0.4 is 5.32 Å². The molecule has 2 fully saturated rings. The van der Waals surface area contributed by atoms with E-state index in [9.17, 15) is 4.79 Å². The number of hydrogen-bond acceptors (Lipinski definition) is 1. The van der Waals surface area contributed by atoms with Crippen molar-refractivity contribution in [2.75, 3.05) is 6.54 Å². The van der Waals surface area contributed by atoms with E-state index in [4.69, 9.17) is 0 Å². The van der Waals surface area contributed by atoms with Crippen molar-refractivity contribution in [3.8, 4) is 0 Å². The number of nitrogens with zero attached hydrogens (tertiary/aromatic N) is 1. The van der Waals surface area contributed by atoms with Crippen molar-refractivity contribution >= 4 is 6.03 Å². The first kappa shape index (κ1) is 12.7. The summed E-state index contributed by atoms with van der Waals surface area (Å²) in [5.74, 6) is 0. The predicted octanol–water partition coefficient (Wildman–Crippen LogP) is 3.15. The summed E-state index contributed by atoms with van der Waals surface area (Å²) < 4.78 is 0. The molecule has 0 aromatic carbocycles. The van der Waals surface area contributed by atoms with Gasteiger partial charge < -0.3 is 10.2 Å². The Kier molecular flexibility index (Phi) is 3.13. The number of carbonyl (C=O) groups excluding carboxylic acids is 1. The molecule has 1 unspecified atom stereocenters. The van der Waals surface area contributed by atoms with Gasteiger partial charge in [-0.3, -0.25) is 0 Å². The van der Waals surface area contributed by atoms with Crippen LogP contribution in [0.25, 0.3) is 0 Å². The van der Waals surface area contributed by atoms with E-state index in [-0.39, 0.29) is 17.0 Å². The summed E-state index contributed by atoms with van der Waals surface area (Å²) in [6.07, 6.45) is 5.80. The van der Waals surface area contributed by atoms with Gasteiger partial charge >= 0.3 is 6.03 Å². The Balaban J connectivity index is 1.98. The number of urea groups is 1. The maximum absolute atomic E-state index is 12.3. The van der Waals surface area contributed by atoms with Crippen molar-refractivity contribution in [1.29, 1.82) is 0 Å². The lowest BCUT2D eigenvalue weighted by Gasteiger charge is -2.42. The molecule has 3 heteroatoms. The molecule has 3 nitrogen and oxygen atoms in total. The van der Waals surface area contributed by atoms with Gasteiger partial charge in [0.2, 0.25) is 0 Å². The molecule has 1 aliphatic heterocycles. The molecule has 0 aromatic rings. The van der Waals surface area contributed by atoms with Crippen molar-refractivity contribution in [1.82, 2.24) is 10.2 Å². The molecule has 1 saturated heterocycles. The lowest BCUT2D eigenvalue weighted by Crippen LogP contribution is -2.57. The Bertz CT molecular complexity index is 302. The SMILES string of the molecule is CC1(NC(=O)N2CCCC2C(C)(C)C)CCC1. The van der Waals surface area contributed by atoms with E-state index in [1.807, 2.05) is 0 Å². The molecule has 0 bridgehead atoms. The summed E-state index contributed by atoms with van der Waals surface area (Å²) in [7, 11) is 0. The number of nitrogens with one attached hydrogen (secondary N) is 1. The lowest BCUT2D eigenvalue weighted by molar-refractivity contribution is 0.125. The highest BCUT2D eigenvalue weighted by Crippen LogP contribution is 2.35. The van der Waals surface area contributed by atoms with Crippen LogP contribution in [0.1, 0.15) is 59.8 Å². The van der Waals surface area contributed by atoms with Gasteiger partial charge in [0.15, 0.2) is 0 Å². The van der Waals surface area contributed by atoms with Gasteiger partial charge in [-0.05, 0) is 44.4 Å². The Labute approximate surface area is 105 Å². The molecule has 1 heterocycles. The topological polar surface area (TPSA) is 32.3 Å². The molecular weight excluding hydrogens is 212 g/mol. The summed E-state index contributed by atoms with van der Waals surface area (Å²) in [6, 6.07) is 0.552. The smallest absolute Gasteiger partial charge is 0.318 e. The van der Waals surface area contributed by atoms with Gasteiger partial charge in [0, 0.05) is 18.1 Å². The van der Waals surface area contributed by atoms with E-state index in [0.29, 0.717) is 6.04 Å². The number of hydrogen-bond donors (Lipinski definition) is 1. The van der Waals surface area contributed by atoms with Crippen molar-refractivity contribution in [2.24, 2.45) is 5.41 Å². The summed E-state index contributed by atoms with van der Waals surface area (Å²) in [4.78, 5) is 14.4. The van der Waals surface area contributed by atoms with E-state index in [2.05, 4.69) is 37.9 Å². The van der Waals surface area contributed by atoms with Crippen LogP contribution in [-0.4, -0.2) is 29.1 Å². The average molecular weight is 238 g/mol. The van der Waals surface area contributed by atoms with Crippen molar-refractivity contribution in [2.45, 2.75) is 71.4 Å². The Morgan fingerprint density at radius 2 is 1.94 bits per heavy atom. The van der Waals surface area contributed by atoms with E-state index >= 15 is 0 Å². The van der Waals surface area contributed by atoms with Gasteiger partial charge in [-0.15, -0.1) is 0 Å². The van der Waals surface area contributed by atoms with Crippen LogP contribution in [0.4, 0.5) is 4.79 Å². The molecule has 17 heavy (non-hydrogen) atoms. The molecule has 1 N–H and O–H groups in total. The van der Waals surface area contributed by atoms with Crippen LogP contribution in [0.3, 0.4) is 0 Å². The van der Waals surface area contributed by atoms with Gasteiger partial charge in [-0.25, -0.2) is 4.79 Å². The normalized spacial score (nSPS) is 27.8. The zero-order chi connectivity index (χ0) is 12.7. The molecule has 0 aromatic heterocycles. The van der Waals surface area contributed by atoms with Crippen LogP contribution in [0.2, 0.25) is 0 Å². The molecule has 2 amide bonds. The summed E-state index contributed by atoms with van der Waals surface area (Å²) >= 11 is 0. The Morgan fingerprint density at radius 1 is 1.29 bits per heavy atom. The highest BCUT2D eigenvalue weighted by Gasteiger charge is 2.40. The average Bonchev–Trinajstić information content (AvgIpc) is 2.62. The van der Waals surface area contributed by atoms with Crippen LogP contribution in [-0.2, 0) is 0 Å². The molecule has 2 aliphatic rings. The Morgan fingerprint density at radius 3 is 2.41 bits per heavy atom. The highest BCUT2D eigenvalue weighted by atomic mass is 16.2. The molecule has 0 radical (unpaired) electrons. The third-order valence-electron chi connectivity index (χ3n) is 4.38. The molecule has 1 aliphatic carbocycles. The molecule has 2 rings (SSSR count). The summed E-state index contributed by atoms with van der Waals surface area (Å²) in [5.41, 5.74) is 0.260. The molecule has 98 valence electrons. The second-order valence-corrected chi connectivity index (χ2v) is 7.06. The van der Waals surface area contributed by atoms with E-state index in [0.717, 1.165) is 32.2 Å². The van der Waals surface area contributed by atoms with Gasteiger partial charge in [0.05, 0.1) is 0 Å². The number of rotatable bonds is 1. The molecule has 0 spiro atoms. The van der Waals surface area contributed by atoms with Crippen LogP contribution in [0.5, 0.6) is 0 Å². The van der Waals surface area contributed by atoms with Crippen LogP contribution in [0.15, 0.2) is 0 Å². The van der Waals surface area contributed by atoms with E-state index in [1.165, 1.54) is 6.42 Å². The van der Waals surface area contributed by atoms with Crippen LogP contribution in [0, 0.1) is 5.41 Å². The largest absolute Gasteiger partial charge is 0.333 e. The van der Waals surface area contributed by atoms with Crippen LogP contribution >= 0.6 is 0 Å². The third-order valence-corrected chi connectivity index (χ3v) is 4.38. The zero-order valence-corrected chi connectivity index (χ0v) is 11.7. The molecule has 1 atom stereocenters. The fourth-order valence-electron chi connectivity index (χ4n) is 3.07. The standard InChI is InChI=1S/C14H26N2O/c1-13(2,3)11-7-5-10-16(11)12(17)15-14(4)8-6-9-14/h11H,5-10H2,1-4H3,(H,15,17). The van der Waals surface area contributed by atoms with Crippen molar-refractivity contribution in [3.05, 3.63) is 0 Å².